The second-order valence-corrected chi connectivity index (χ2v) is 5.47. The predicted molar refractivity (Wildman–Crippen MR) is 75.0 cm³/mol. The van der Waals surface area contributed by atoms with E-state index in [0.29, 0.717) is 12.5 Å². The van der Waals surface area contributed by atoms with Gasteiger partial charge in [-0.2, -0.15) is 15.3 Å². The van der Waals surface area contributed by atoms with Crippen molar-refractivity contribution in [1.29, 1.82) is 0 Å². The predicted octanol–water partition coefficient (Wildman–Crippen LogP) is 2.45. The molecule has 5 heteroatoms. The minimum absolute atomic E-state index is 0.519. The van der Waals surface area contributed by atoms with Gasteiger partial charge in [-0.1, -0.05) is 19.3 Å². The molecule has 0 bridgehead atoms. The van der Waals surface area contributed by atoms with E-state index in [-0.39, 0.29) is 0 Å². The first-order valence-corrected chi connectivity index (χ1v) is 7.31. The van der Waals surface area contributed by atoms with Crippen molar-refractivity contribution < 1.29 is 5.11 Å². The molecule has 2 aromatic rings. The van der Waals surface area contributed by atoms with Crippen LogP contribution in [0.3, 0.4) is 0 Å². The second-order valence-electron chi connectivity index (χ2n) is 5.47. The normalized spacial score (nSPS) is 18.1. The summed E-state index contributed by atoms with van der Waals surface area (Å²) in [7, 11) is 0. The Balaban J connectivity index is 1.65. The summed E-state index contributed by atoms with van der Waals surface area (Å²) in [5.41, 5.74) is 1.71. The Morgan fingerprint density at radius 1 is 1.20 bits per heavy atom. The molecule has 0 aromatic carbocycles. The first-order valence-electron chi connectivity index (χ1n) is 7.31. The van der Waals surface area contributed by atoms with Crippen molar-refractivity contribution in [3.8, 4) is 0 Å². The first-order chi connectivity index (χ1) is 9.83. The Bertz CT molecular complexity index is 534. The zero-order valence-corrected chi connectivity index (χ0v) is 11.5. The fourth-order valence-corrected chi connectivity index (χ4v) is 2.85. The highest BCUT2D eigenvalue weighted by molar-refractivity contribution is 5.13. The molecule has 2 heterocycles. The molecule has 0 amide bonds. The number of nitrogens with zero attached hydrogens (tertiary/aromatic N) is 4. The third-order valence-corrected chi connectivity index (χ3v) is 4.01. The average molecular weight is 272 g/mol. The summed E-state index contributed by atoms with van der Waals surface area (Å²) in [6, 6.07) is 4.33. The zero-order chi connectivity index (χ0) is 13.8. The van der Waals surface area contributed by atoms with E-state index in [1.165, 1.54) is 32.1 Å². The molecule has 0 saturated heterocycles. The van der Waals surface area contributed by atoms with Gasteiger partial charge < -0.3 is 5.11 Å². The van der Waals surface area contributed by atoms with Crippen molar-refractivity contribution in [3.05, 3.63) is 42.0 Å². The van der Waals surface area contributed by atoms with Gasteiger partial charge in [-0.15, -0.1) is 0 Å². The molecule has 1 unspecified atom stereocenters. The fourth-order valence-electron chi connectivity index (χ4n) is 2.85. The molecule has 106 valence electrons. The van der Waals surface area contributed by atoms with Crippen LogP contribution in [0.1, 0.15) is 55.5 Å². The van der Waals surface area contributed by atoms with E-state index in [2.05, 4.69) is 20.0 Å². The Morgan fingerprint density at radius 2 is 2.05 bits per heavy atom. The van der Waals surface area contributed by atoms with Gasteiger partial charge in [0, 0.05) is 24.4 Å². The Morgan fingerprint density at radius 3 is 2.80 bits per heavy atom. The van der Waals surface area contributed by atoms with Crippen molar-refractivity contribution in [2.75, 3.05) is 0 Å². The summed E-state index contributed by atoms with van der Waals surface area (Å²) in [4.78, 5) is 0. The molecule has 1 saturated carbocycles. The minimum atomic E-state index is -0.569. The lowest BCUT2D eigenvalue weighted by Crippen LogP contribution is -2.13. The molecule has 2 aromatic heterocycles. The molecule has 1 atom stereocenters. The van der Waals surface area contributed by atoms with Crippen molar-refractivity contribution in [1.82, 2.24) is 20.0 Å². The van der Waals surface area contributed by atoms with Gasteiger partial charge in [0.25, 0.3) is 0 Å². The molecule has 1 aliphatic carbocycles. The van der Waals surface area contributed by atoms with E-state index < -0.39 is 6.10 Å². The number of aliphatic hydroxyl groups excluding tert-OH is 1. The Kier molecular flexibility index (Phi) is 4.06. The Hall–Kier alpha value is -1.75. The molecular formula is C15H20N4O. The molecule has 0 aliphatic heterocycles. The SMILES string of the molecule is OC(Cc1ccn(C2CCCCC2)n1)c1ccnnc1. The van der Waals surface area contributed by atoms with Crippen LogP contribution in [0.25, 0.3) is 0 Å². The van der Waals surface area contributed by atoms with Crippen LogP contribution < -0.4 is 0 Å². The molecule has 1 aliphatic rings. The molecular weight excluding hydrogens is 252 g/mol. The van der Waals surface area contributed by atoms with Crippen LogP contribution in [-0.2, 0) is 6.42 Å². The van der Waals surface area contributed by atoms with E-state index in [1.807, 2.05) is 12.3 Å². The molecule has 20 heavy (non-hydrogen) atoms. The van der Waals surface area contributed by atoms with Gasteiger partial charge in [0.05, 0.1) is 24.0 Å². The summed E-state index contributed by atoms with van der Waals surface area (Å²) < 4.78 is 2.08. The van der Waals surface area contributed by atoms with Gasteiger partial charge in [-0.3, -0.25) is 4.68 Å². The quantitative estimate of drug-likeness (QED) is 0.928. The first kappa shape index (κ1) is 13.2. The van der Waals surface area contributed by atoms with E-state index in [0.717, 1.165) is 11.3 Å². The van der Waals surface area contributed by atoms with Crippen LogP contribution in [-0.4, -0.2) is 25.1 Å². The Labute approximate surface area is 118 Å². The topological polar surface area (TPSA) is 63.8 Å². The van der Waals surface area contributed by atoms with Gasteiger partial charge in [0.15, 0.2) is 0 Å². The smallest absolute Gasteiger partial charge is 0.0862 e. The van der Waals surface area contributed by atoms with Gasteiger partial charge in [-0.25, -0.2) is 0 Å². The van der Waals surface area contributed by atoms with E-state index in [9.17, 15) is 5.11 Å². The molecule has 3 rings (SSSR count). The lowest BCUT2D eigenvalue weighted by molar-refractivity contribution is 0.176. The monoisotopic (exact) mass is 272 g/mol. The minimum Gasteiger partial charge on any atom is -0.388 e. The summed E-state index contributed by atoms with van der Waals surface area (Å²) in [6.45, 7) is 0. The number of aliphatic hydroxyl groups is 1. The van der Waals surface area contributed by atoms with Crippen molar-refractivity contribution >= 4 is 0 Å². The van der Waals surface area contributed by atoms with Gasteiger partial charge in [0.2, 0.25) is 0 Å². The van der Waals surface area contributed by atoms with Crippen LogP contribution in [0.15, 0.2) is 30.7 Å². The van der Waals surface area contributed by atoms with Crippen molar-refractivity contribution in [2.45, 2.75) is 50.7 Å². The van der Waals surface area contributed by atoms with Crippen LogP contribution in [0.5, 0.6) is 0 Å². The van der Waals surface area contributed by atoms with Gasteiger partial charge >= 0.3 is 0 Å². The van der Waals surface area contributed by atoms with Crippen LogP contribution in [0.2, 0.25) is 0 Å². The third kappa shape index (κ3) is 3.04. The summed E-state index contributed by atoms with van der Waals surface area (Å²) in [5.74, 6) is 0. The lowest BCUT2D eigenvalue weighted by atomic mass is 9.96. The molecule has 1 N–H and O–H groups in total. The van der Waals surface area contributed by atoms with E-state index in [4.69, 9.17) is 0 Å². The average Bonchev–Trinajstić information content (AvgIpc) is 2.97. The molecule has 0 spiro atoms. The highest BCUT2D eigenvalue weighted by Crippen LogP contribution is 2.27. The molecule has 1 fully saturated rings. The maximum absolute atomic E-state index is 10.2. The molecule has 0 radical (unpaired) electrons. The number of hydrogen-bond acceptors (Lipinski definition) is 4. The number of aromatic nitrogens is 4. The molecule has 5 nitrogen and oxygen atoms in total. The zero-order valence-electron chi connectivity index (χ0n) is 11.5. The van der Waals surface area contributed by atoms with Gasteiger partial charge in [0.1, 0.15) is 0 Å². The van der Waals surface area contributed by atoms with E-state index >= 15 is 0 Å². The van der Waals surface area contributed by atoms with Crippen LogP contribution in [0, 0.1) is 0 Å². The summed E-state index contributed by atoms with van der Waals surface area (Å²) in [6.07, 6.45) is 11.6. The summed E-state index contributed by atoms with van der Waals surface area (Å²) >= 11 is 0. The maximum atomic E-state index is 10.2. The van der Waals surface area contributed by atoms with Crippen molar-refractivity contribution in [3.63, 3.8) is 0 Å². The maximum Gasteiger partial charge on any atom is 0.0862 e. The van der Waals surface area contributed by atoms with Crippen LogP contribution >= 0.6 is 0 Å². The fraction of sp³-hybridized carbons (Fsp3) is 0.533. The largest absolute Gasteiger partial charge is 0.388 e. The highest BCUT2D eigenvalue weighted by Gasteiger charge is 2.17. The van der Waals surface area contributed by atoms with Crippen molar-refractivity contribution in [2.24, 2.45) is 0 Å². The summed E-state index contributed by atoms with van der Waals surface area (Å²) in [5, 5.41) is 22.3. The highest BCUT2D eigenvalue weighted by atomic mass is 16.3. The third-order valence-electron chi connectivity index (χ3n) is 4.01. The second kappa shape index (κ2) is 6.13. The number of rotatable bonds is 4. The van der Waals surface area contributed by atoms with Gasteiger partial charge in [-0.05, 0) is 25.0 Å². The lowest BCUT2D eigenvalue weighted by Gasteiger charge is -2.21. The van der Waals surface area contributed by atoms with E-state index in [1.54, 1.807) is 18.5 Å². The standard InChI is InChI=1S/C15H20N4O/c20-15(12-6-8-16-17-11-12)10-13-7-9-19(18-13)14-4-2-1-3-5-14/h6-9,11,14-15,20H,1-5,10H2. The number of hydrogen-bond donors (Lipinski definition) is 1. The van der Waals surface area contributed by atoms with Crippen LogP contribution in [0.4, 0.5) is 0 Å².